The molecule has 0 bridgehead atoms. The highest BCUT2D eigenvalue weighted by Crippen LogP contribution is 2.18. The van der Waals surface area contributed by atoms with E-state index in [1.165, 1.54) is 11.1 Å². The van der Waals surface area contributed by atoms with Gasteiger partial charge in [-0.2, -0.15) is 0 Å². The molecule has 0 aromatic heterocycles. The average molecular weight is 261 g/mol. The first-order valence-corrected chi connectivity index (χ1v) is 7.06. The van der Waals surface area contributed by atoms with Crippen LogP contribution >= 0.6 is 0 Å². The van der Waals surface area contributed by atoms with Gasteiger partial charge in [0.2, 0.25) is 0 Å². The minimum absolute atomic E-state index is 0.356. The summed E-state index contributed by atoms with van der Waals surface area (Å²) in [4.78, 5) is 0. The first-order chi connectivity index (χ1) is 9.00. The molecule has 0 heterocycles. The quantitative estimate of drug-likeness (QED) is 0.563. The smallest absolute Gasteiger partial charge is 0.0672 e. The van der Waals surface area contributed by atoms with Crippen molar-refractivity contribution >= 4 is 0 Å². The van der Waals surface area contributed by atoms with E-state index in [-0.39, 0.29) is 0 Å². The molecule has 1 atom stereocenters. The van der Waals surface area contributed by atoms with Crippen LogP contribution in [0.3, 0.4) is 0 Å². The van der Waals surface area contributed by atoms with E-state index in [4.69, 9.17) is 4.74 Å². The van der Waals surface area contributed by atoms with Crippen molar-refractivity contribution in [3.8, 4) is 0 Å². The molecule has 0 saturated carbocycles. The molecule has 1 aromatic carbocycles. The zero-order chi connectivity index (χ0) is 14.3. The van der Waals surface area contributed by atoms with Gasteiger partial charge in [0.1, 0.15) is 0 Å². The lowest BCUT2D eigenvalue weighted by Gasteiger charge is -2.15. The number of hydrogen-bond donors (Lipinski definition) is 1. The summed E-state index contributed by atoms with van der Waals surface area (Å²) in [6, 6.07) is 9.21. The van der Waals surface area contributed by atoms with E-state index in [0.29, 0.717) is 18.6 Å². The third kappa shape index (κ3) is 6.04. The van der Waals surface area contributed by atoms with Crippen molar-refractivity contribution in [3.63, 3.8) is 0 Å². The normalized spacial score (nSPS) is 12.7. The van der Waals surface area contributed by atoms with E-state index in [9.17, 15) is 0 Å². The van der Waals surface area contributed by atoms with Crippen LogP contribution in [0.2, 0.25) is 0 Å². The summed E-state index contributed by atoms with van der Waals surface area (Å²) >= 11 is 0. The molecular formula is C17H27NO. The van der Waals surface area contributed by atoms with E-state index >= 15 is 0 Å². The third-order valence-corrected chi connectivity index (χ3v) is 3.15. The van der Waals surface area contributed by atoms with Crippen molar-refractivity contribution in [3.05, 3.63) is 47.5 Å². The molecule has 2 heteroatoms. The van der Waals surface area contributed by atoms with Gasteiger partial charge in [0.05, 0.1) is 13.2 Å². The van der Waals surface area contributed by atoms with Gasteiger partial charge >= 0.3 is 0 Å². The summed E-state index contributed by atoms with van der Waals surface area (Å²) in [6.45, 7) is 14.6. The van der Waals surface area contributed by atoms with Gasteiger partial charge in [-0.05, 0) is 30.9 Å². The Hall–Kier alpha value is -1.12. The predicted molar refractivity (Wildman–Crippen MR) is 82.6 cm³/mol. The molecule has 1 N–H and O–H groups in total. The van der Waals surface area contributed by atoms with Gasteiger partial charge in [0, 0.05) is 12.6 Å². The van der Waals surface area contributed by atoms with Crippen molar-refractivity contribution in [2.75, 3.05) is 19.8 Å². The van der Waals surface area contributed by atoms with Gasteiger partial charge in [0.25, 0.3) is 0 Å². The molecule has 0 spiro atoms. The van der Waals surface area contributed by atoms with E-state index in [1.54, 1.807) is 0 Å². The topological polar surface area (TPSA) is 21.3 Å². The van der Waals surface area contributed by atoms with Crippen molar-refractivity contribution in [1.82, 2.24) is 5.32 Å². The lowest BCUT2D eigenvalue weighted by atomic mass is 10.00. The number of ether oxygens (including phenoxy) is 1. The van der Waals surface area contributed by atoms with Crippen molar-refractivity contribution in [2.24, 2.45) is 0 Å². The minimum atomic E-state index is 0.356. The van der Waals surface area contributed by atoms with Gasteiger partial charge < -0.3 is 10.1 Å². The summed E-state index contributed by atoms with van der Waals surface area (Å²) in [6.07, 6.45) is 0. The van der Waals surface area contributed by atoms with E-state index in [2.05, 4.69) is 56.9 Å². The highest BCUT2D eigenvalue weighted by atomic mass is 16.5. The molecule has 0 fully saturated rings. The fraction of sp³-hybridized carbons (Fsp3) is 0.529. The first-order valence-electron chi connectivity index (χ1n) is 7.06. The highest BCUT2D eigenvalue weighted by molar-refractivity contribution is 5.26. The van der Waals surface area contributed by atoms with Gasteiger partial charge in [-0.25, -0.2) is 0 Å². The molecule has 0 aliphatic heterocycles. The molecule has 1 rings (SSSR count). The lowest BCUT2D eigenvalue weighted by molar-refractivity contribution is 0.156. The standard InChI is InChI=1S/C17H27NO/c1-13(2)12-19-11-10-18-15(5)17-8-6-16(7-9-17)14(3)4/h6-9,14-15,18H,1,10-12H2,2-5H3. The number of hydrogen-bond acceptors (Lipinski definition) is 2. The Balaban J connectivity index is 2.32. The van der Waals surface area contributed by atoms with Crippen molar-refractivity contribution in [2.45, 2.75) is 39.7 Å². The summed E-state index contributed by atoms with van der Waals surface area (Å²) < 4.78 is 5.47. The van der Waals surface area contributed by atoms with Gasteiger partial charge in [-0.3, -0.25) is 0 Å². The van der Waals surface area contributed by atoms with Crippen LogP contribution in [-0.2, 0) is 4.74 Å². The molecule has 0 amide bonds. The molecule has 0 saturated heterocycles. The maximum absolute atomic E-state index is 5.47. The van der Waals surface area contributed by atoms with Crippen LogP contribution < -0.4 is 5.32 Å². The largest absolute Gasteiger partial charge is 0.376 e. The Labute approximate surface area is 117 Å². The predicted octanol–water partition coefficient (Wildman–Crippen LogP) is 4.05. The molecule has 106 valence electrons. The Morgan fingerprint density at radius 2 is 1.74 bits per heavy atom. The lowest BCUT2D eigenvalue weighted by Crippen LogP contribution is -2.23. The van der Waals surface area contributed by atoms with Crippen LogP contribution in [0, 0.1) is 0 Å². The summed E-state index contributed by atoms with van der Waals surface area (Å²) in [5.74, 6) is 0.591. The molecular weight excluding hydrogens is 234 g/mol. The Kier molecular flexibility index (Phi) is 6.82. The highest BCUT2D eigenvalue weighted by Gasteiger charge is 2.05. The zero-order valence-corrected chi connectivity index (χ0v) is 12.7. The average Bonchev–Trinajstić information content (AvgIpc) is 2.37. The Bertz CT molecular complexity index is 381. The molecule has 0 aliphatic carbocycles. The minimum Gasteiger partial charge on any atom is -0.376 e. The molecule has 1 unspecified atom stereocenters. The molecule has 1 aromatic rings. The molecule has 19 heavy (non-hydrogen) atoms. The summed E-state index contributed by atoms with van der Waals surface area (Å²) in [7, 11) is 0. The maximum atomic E-state index is 5.47. The van der Waals surface area contributed by atoms with Crippen LogP contribution in [0.4, 0.5) is 0 Å². The van der Waals surface area contributed by atoms with E-state index < -0.39 is 0 Å². The van der Waals surface area contributed by atoms with Crippen molar-refractivity contribution < 1.29 is 4.74 Å². The summed E-state index contributed by atoms with van der Waals surface area (Å²) in [5.41, 5.74) is 3.78. The first kappa shape index (κ1) is 15.9. The van der Waals surface area contributed by atoms with Crippen LogP contribution in [0.5, 0.6) is 0 Å². The van der Waals surface area contributed by atoms with E-state index in [0.717, 1.165) is 18.7 Å². The SMILES string of the molecule is C=C(C)COCCNC(C)c1ccc(C(C)C)cc1. The summed E-state index contributed by atoms with van der Waals surface area (Å²) in [5, 5.41) is 3.47. The third-order valence-electron chi connectivity index (χ3n) is 3.15. The second-order valence-corrected chi connectivity index (χ2v) is 5.51. The van der Waals surface area contributed by atoms with E-state index in [1.807, 2.05) is 6.92 Å². The van der Waals surface area contributed by atoms with Gasteiger partial charge in [0.15, 0.2) is 0 Å². The fourth-order valence-electron chi connectivity index (χ4n) is 1.88. The van der Waals surface area contributed by atoms with Crippen LogP contribution in [0.1, 0.15) is 50.8 Å². The van der Waals surface area contributed by atoms with Crippen LogP contribution in [0.15, 0.2) is 36.4 Å². The zero-order valence-electron chi connectivity index (χ0n) is 12.7. The second-order valence-electron chi connectivity index (χ2n) is 5.51. The number of nitrogens with one attached hydrogen (secondary N) is 1. The van der Waals surface area contributed by atoms with Crippen molar-refractivity contribution in [1.29, 1.82) is 0 Å². The number of rotatable bonds is 8. The molecule has 0 aliphatic rings. The van der Waals surface area contributed by atoms with Gasteiger partial charge in [-0.1, -0.05) is 50.3 Å². The van der Waals surface area contributed by atoms with Crippen LogP contribution in [0.25, 0.3) is 0 Å². The maximum Gasteiger partial charge on any atom is 0.0672 e. The monoisotopic (exact) mass is 261 g/mol. The van der Waals surface area contributed by atoms with Gasteiger partial charge in [-0.15, -0.1) is 0 Å². The fourth-order valence-corrected chi connectivity index (χ4v) is 1.88. The molecule has 2 nitrogen and oxygen atoms in total. The molecule has 0 radical (unpaired) electrons. The Morgan fingerprint density at radius 1 is 1.16 bits per heavy atom. The second kappa shape index (κ2) is 8.13. The number of benzene rings is 1. The Morgan fingerprint density at radius 3 is 2.26 bits per heavy atom. The van der Waals surface area contributed by atoms with Crippen LogP contribution in [-0.4, -0.2) is 19.8 Å².